The van der Waals surface area contributed by atoms with Crippen LogP contribution in [0.3, 0.4) is 0 Å². The van der Waals surface area contributed by atoms with Gasteiger partial charge in [0.15, 0.2) is 0 Å². The quantitative estimate of drug-likeness (QED) is 0.305. The average Bonchev–Trinajstić information content (AvgIpc) is 2.67. The number of non-ortho nitro benzene ring substituents is 1. The molecule has 2 aromatic rings. The molecule has 27 heavy (non-hydrogen) atoms. The van der Waals surface area contributed by atoms with E-state index in [4.69, 9.17) is 9.47 Å². The Hall–Kier alpha value is -3.35. The highest BCUT2D eigenvalue weighted by atomic mass is 16.6. The number of amides is 1. The average molecular weight is 370 g/mol. The van der Waals surface area contributed by atoms with Crippen molar-refractivity contribution in [1.29, 1.82) is 0 Å². The van der Waals surface area contributed by atoms with Gasteiger partial charge in [0.1, 0.15) is 11.5 Å². The van der Waals surface area contributed by atoms with Gasteiger partial charge in [-0.05, 0) is 36.3 Å². The molecule has 0 saturated carbocycles. The Morgan fingerprint density at radius 1 is 1.22 bits per heavy atom. The van der Waals surface area contributed by atoms with Crippen LogP contribution in [0.25, 0.3) is 6.08 Å². The lowest BCUT2D eigenvalue weighted by atomic mass is 10.2. The third kappa shape index (κ3) is 6.14. The van der Waals surface area contributed by atoms with Crippen LogP contribution in [0.5, 0.6) is 11.5 Å². The molecule has 0 aromatic heterocycles. The van der Waals surface area contributed by atoms with Crippen molar-refractivity contribution in [3.05, 3.63) is 64.2 Å². The molecular formula is C20H22N2O5. The van der Waals surface area contributed by atoms with Crippen LogP contribution in [0.4, 0.5) is 11.4 Å². The van der Waals surface area contributed by atoms with Gasteiger partial charge in [-0.3, -0.25) is 14.9 Å². The zero-order valence-electron chi connectivity index (χ0n) is 15.3. The Balaban J connectivity index is 2.00. The van der Waals surface area contributed by atoms with E-state index in [1.54, 1.807) is 6.08 Å². The lowest BCUT2D eigenvalue weighted by Crippen LogP contribution is -2.09. The first kappa shape index (κ1) is 20.0. The molecule has 7 nitrogen and oxygen atoms in total. The number of hydrogen-bond acceptors (Lipinski definition) is 5. The summed E-state index contributed by atoms with van der Waals surface area (Å²) in [4.78, 5) is 22.5. The summed E-state index contributed by atoms with van der Waals surface area (Å²) in [6.45, 7) is 2.78. The Morgan fingerprint density at radius 2 is 1.96 bits per heavy atom. The fraction of sp³-hybridized carbons (Fsp3) is 0.250. The molecule has 0 radical (unpaired) electrons. The summed E-state index contributed by atoms with van der Waals surface area (Å²) in [5, 5.41) is 13.5. The Labute approximate surface area is 157 Å². The molecule has 0 aliphatic carbocycles. The van der Waals surface area contributed by atoms with Crippen molar-refractivity contribution in [3.63, 3.8) is 0 Å². The summed E-state index contributed by atoms with van der Waals surface area (Å²) in [7, 11) is 1.43. The predicted molar refractivity (Wildman–Crippen MR) is 104 cm³/mol. The van der Waals surface area contributed by atoms with Crippen LogP contribution in [-0.4, -0.2) is 24.5 Å². The Kier molecular flexibility index (Phi) is 7.37. The lowest BCUT2D eigenvalue weighted by Gasteiger charge is -2.08. The van der Waals surface area contributed by atoms with E-state index in [0.717, 1.165) is 24.2 Å². The van der Waals surface area contributed by atoms with Crippen LogP contribution in [0.2, 0.25) is 0 Å². The first-order valence-corrected chi connectivity index (χ1v) is 8.58. The minimum absolute atomic E-state index is 0.131. The van der Waals surface area contributed by atoms with Crippen LogP contribution in [0.1, 0.15) is 25.3 Å². The molecule has 0 heterocycles. The highest BCUT2D eigenvalue weighted by molar-refractivity contribution is 6.03. The minimum atomic E-state index is -0.533. The second-order valence-electron chi connectivity index (χ2n) is 5.74. The third-order valence-corrected chi connectivity index (χ3v) is 3.73. The molecule has 0 saturated heterocycles. The summed E-state index contributed by atoms with van der Waals surface area (Å²) in [6, 6.07) is 11.4. The number of anilines is 1. The number of benzene rings is 2. The van der Waals surface area contributed by atoms with Gasteiger partial charge in [0.25, 0.3) is 5.69 Å². The number of hydrogen-bond donors (Lipinski definition) is 1. The zero-order chi connectivity index (χ0) is 19.6. The fourth-order valence-electron chi connectivity index (χ4n) is 2.26. The number of nitro groups is 1. The summed E-state index contributed by atoms with van der Waals surface area (Å²) in [6.07, 6.45) is 5.08. The molecular weight excluding hydrogens is 348 g/mol. The molecule has 0 bridgehead atoms. The number of nitrogens with zero attached hydrogens (tertiary/aromatic N) is 1. The zero-order valence-corrected chi connectivity index (χ0v) is 15.3. The van der Waals surface area contributed by atoms with Gasteiger partial charge in [-0.1, -0.05) is 25.5 Å². The highest BCUT2D eigenvalue weighted by Crippen LogP contribution is 2.28. The summed E-state index contributed by atoms with van der Waals surface area (Å²) < 4.78 is 10.7. The van der Waals surface area contributed by atoms with Gasteiger partial charge in [-0.15, -0.1) is 0 Å². The molecule has 0 spiro atoms. The normalized spacial score (nSPS) is 10.6. The van der Waals surface area contributed by atoms with Gasteiger partial charge in [-0.2, -0.15) is 0 Å². The summed E-state index contributed by atoms with van der Waals surface area (Å²) >= 11 is 0. The monoisotopic (exact) mass is 370 g/mol. The molecule has 0 unspecified atom stereocenters. The Morgan fingerprint density at radius 3 is 2.59 bits per heavy atom. The highest BCUT2D eigenvalue weighted by Gasteiger charge is 2.12. The molecule has 2 rings (SSSR count). The number of nitro benzene ring substituents is 1. The first-order chi connectivity index (χ1) is 13.0. The number of carbonyl (C=O) groups is 1. The third-order valence-electron chi connectivity index (χ3n) is 3.73. The van der Waals surface area contributed by atoms with Gasteiger partial charge < -0.3 is 14.8 Å². The minimum Gasteiger partial charge on any atom is -0.495 e. The number of carbonyl (C=O) groups excluding carboxylic acids is 1. The molecule has 1 amide bonds. The topological polar surface area (TPSA) is 90.7 Å². The molecule has 1 N–H and O–H groups in total. The van der Waals surface area contributed by atoms with E-state index >= 15 is 0 Å². The van der Waals surface area contributed by atoms with E-state index in [0.29, 0.717) is 12.4 Å². The molecule has 142 valence electrons. The largest absolute Gasteiger partial charge is 0.495 e. The smallest absolute Gasteiger partial charge is 0.271 e. The molecule has 0 atom stereocenters. The number of unbranched alkanes of at least 4 members (excludes halogenated alkanes) is 1. The van der Waals surface area contributed by atoms with Gasteiger partial charge in [0.2, 0.25) is 5.91 Å². The second-order valence-corrected chi connectivity index (χ2v) is 5.74. The van der Waals surface area contributed by atoms with Crippen molar-refractivity contribution in [2.75, 3.05) is 19.0 Å². The van der Waals surface area contributed by atoms with E-state index in [1.165, 1.54) is 31.4 Å². The van der Waals surface area contributed by atoms with E-state index < -0.39 is 10.8 Å². The van der Waals surface area contributed by atoms with Crippen LogP contribution in [-0.2, 0) is 4.79 Å². The van der Waals surface area contributed by atoms with E-state index in [2.05, 4.69) is 12.2 Å². The van der Waals surface area contributed by atoms with Crippen molar-refractivity contribution in [1.82, 2.24) is 0 Å². The maximum atomic E-state index is 12.1. The molecule has 0 aliphatic rings. The Bertz CT molecular complexity index is 816. The standard InChI is InChI=1S/C20H22N2O5/c1-3-4-13-27-17-9-5-15(6-10-17)7-12-20(23)21-18-14-16(22(24)25)8-11-19(18)26-2/h5-12,14H,3-4,13H2,1-2H3,(H,21,23)/b12-7+. The number of nitrogens with one attached hydrogen (secondary N) is 1. The maximum Gasteiger partial charge on any atom is 0.271 e. The van der Waals surface area contributed by atoms with Crippen molar-refractivity contribution < 1.29 is 19.2 Å². The van der Waals surface area contributed by atoms with Gasteiger partial charge in [0.05, 0.1) is 24.3 Å². The van der Waals surface area contributed by atoms with Gasteiger partial charge in [0, 0.05) is 18.2 Å². The number of methoxy groups -OCH3 is 1. The second kappa shape index (κ2) is 9.96. The SMILES string of the molecule is CCCCOc1ccc(/C=C/C(=O)Nc2cc([N+](=O)[O-])ccc2OC)cc1. The molecule has 0 fully saturated rings. The maximum absolute atomic E-state index is 12.1. The van der Waals surface area contributed by atoms with E-state index in [9.17, 15) is 14.9 Å². The van der Waals surface area contributed by atoms with Crippen molar-refractivity contribution in [3.8, 4) is 11.5 Å². The fourth-order valence-corrected chi connectivity index (χ4v) is 2.26. The first-order valence-electron chi connectivity index (χ1n) is 8.58. The van der Waals surface area contributed by atoms with Crippen LogP contribution in [0, 0.1) is 10.1 Å². The van der Waals surface area contributed by atoms with Gasteiger partial charge in [-0.25, -0.2) is 0 Å². The lowest BCUT2D eigenvalue weighted by molar-refractivity contribution is -0.384. The van der Waals surface area contributed by atoms with E-state index in [-0.39, 0.29) is 11.4 Å². The van der Waals surface area contributed by atoms with Crippen LogP contribution < -0.4 is 14.8 Å². The summed E-state index contributed by atoms with van der Waals surface area (Å²) in [5.74, 6) is 0.708. The van der Waals surface area contributed by atoms with Crippen molar-refractivity contribution in [2.45, 2.75) is 19.8 Å². The number of rotatable bonds is 9. The molecule has 2 aromatic carbocycles. The molecule has 0 aliphatic heterocycles. The van der Waals surface area contributed by atoms with Crippen LogP contribution in [0.15, 0.2) is 48.5 Å². The van der Waals surface area contributed by atoms with E-state index in [1.807, 2.05) is 24.3 Å². The molecule has 7 heteroatoms. The number of ether oxygens (including phenoxy) is 2. The van der Waals surface area contributed by atoms with Crippen molar-refractivity contribution >= 4 is 23.4 Å². The summed E-state index contributed by atoms with van der Waals surface area (Å²) in [5.41, 5.74) is 0.939. The predicted octanol–water partition coefficient (Wildman–Crippen LogP) is 4.43. The van der Waals surface area contributed by atoms with Crippen molar-refractivity contribution in [2.24, 2.45) is 0 Å². The van der Waals surface area contributed by atoms with Crippen LogP contribution >= 0.6 is 0 Å². The van der Waals surface area contributed by atoms with Gasteiger partial charge >= 0.3 is 0 Å².